The van der Waals surface area contributed by atoms with Gasteiger partial charge in [-0.25, -0.2) is 0 Å². The zero-order chi connectivity index (χ0) is 18.2. The molecule has 2 aromatic carbocycles. The first-order valence-corrected chi connectivity index (χ1v) is 9.30. The second kappa shape index (κ2) is 9.42. The Bertz CT molecular complexity index is 685. The molecule has 0 amide bonds. The Morgan fingerprint density at radius 1 is 1.00 bits per heavy atom. The van der Waals surface area contributed by atoms with E-state index in [0.29, 0.717) is 11.0 Å². The Kier molecular flexibility index (Phi) is 7.26. The van der Waals surface area contributed by atoms with Crippen LogP contribution in [-0.4, -0.2) is 12.2 Å². The van der Waals surface area contributed by atoms with E-state index in [9.17, 15) is 0 Å². The van der Waals surface area contributed by atoms with Crippen LogP contribution < -0.4 is 15.4 Å². The van der Waals surface area contributed by atoms with Gasteiger partial charge in [0.05, 0.1) is 18.8 Å². The summed E-state index contributed by atoms with van der Waals surface area (Å²) in [5.41, 5.74) is 3.50. The van der Waals surface area contributed by atoms with E-state index in [1.54, 1.807) is 7.11 Å². The van der Waals surface area contributed by atoms with Crippen molar-refractivity contribution in [2.24, 2.45) is 0 Å². The van der Waals surface area contributed by atoms with Crippen molar-refractivity contribution in [3.8, 4) is 5.75 Å². The molecule has 0 fully saturated rings. The summed E-state index contributed by atoms with van der Waals surface area (Å²) < 4.78 is 5.36. The molecule has 0 radical (unpaired) electrons. The maximum Gasteiger partial charge on any atom is 0.171 e. The van der Waals surface area contributed by atoms with E-state index in [1.807, 2.05) is 24.3 Å². The fraction of sp³-hybridized carbons (Fsp3) is 0.381. The van der Waals surface area contributed by atoms with Gasteiger partial charge in [0.15, 0.2) is 5.11 Å². The number of hydrogen-bond acceptors (Lipinski definition) is 2. The van der Waals surface area contributed by atoms with Crippen molar-refractivity contribution in [3.63, 3.8) is 0 Å². The molecular weight excluding hydrogens is 328 g/mol. The molecule has 2 rings (SSSR count). The molecule has 134 valence electrons. The number of hydrogen-bond donors (Lipinski definition) is 2. The van der Waals surface area contributed by atoms with Crippen LogP contribution in [0.1, 0.15) is 56.7 Å². The van der Waals surface area contributed by atoms with Crippen LogP contribution in [0.5, 0.6) is 5.75 Å². The summed E-state index contributed by atoms with van der Waals surface area (Å²) in [5.74, 6) is 1.37. The fourth-order valence-corrected chi connectivity index (χ4v) is 3.03. The highest BCUT2D eigenvalue weighted by Gasteiger charge is 2.12. The molecule has 0 spiro atoms. The normalized spacial score (nSPS) is 13.0. The highest BCUT2D eigenvalue weighted by molar-refractivity contribution is 7.80. The number of para-hydroxylation sites is 2. The van der Waals surface area contributed by atoms with Crippen molar-refractivity contribution < 1.29 is 4.74 Å². The lowest BCUT2D eigenvalue weighted by Gasteiger charge is -2.21. The Morgan fingerprint density at radius 3 is 2.24 bits per heavy atom. The standard InChI is InChI=1S/C21H28N2OS/c1-5-15(3)16-11-13-17(14-12-16)18(6-2)22-21(25)23-19-9-7-8-10-20(19)24-4/h7-15,18H,5-6H2,1-4H3,(H2,22,23,25). The van der Waals surface area contributed by atoms with Crippen LogP contribution in [0.3, 0.4) is 0 Å². The van der Waals surface area contributed by atoms with Gasteiger partial charge < -0.3 is 15.4 Å². The minimum absolute atomic E-state index is 0.181. The third kappa shape index (κ3) is 5.20. The summed E-state index contributed by atoms with van der Waals surface area (Å²) in [6, 6.07) is 16.8. The topological polar surface area (TPSA) is 33.3 Å². The number of nitrogens with one attached hydrogen (secondary N) is 2. The lowest BCUT2D eigenvalue weighted by atomic mass is 9.95. The first kappa shape index (κ1) is 19.3. The Morgan fingerprint density at radius 2 is 1.64 bits per heavy atom. The summed E-state index contributed by atoms with van der Waals surface area (Å²) in [7, 11) is 1.66. The van der Waals surface area contributed by atoms with E-state index in [4.69, 9.17) is 17.0 Å². The Labute approximate surface area is 156 Å². The van der Waals surface area contributed by atoms with E-state index in [2.05, 4.69) is 55.7 Å². The van der Waals surface area contributed by atoms with E-state index in [-0.39, 0.29) is 6.04 Å². The minimum Gasteiger partial charge on any atom is -0.495 e. The van der Waals surface area contributed by atoms with Crippen LogP contribution in [-0.2, 0) is 0 Å². The minimum atomic E-state index is 0.181. The van der Waals surface area contributed by atoms with Gasteiger partial charge in [-0.2, -0.15) is 0 Å². The zero-order valence-corrected chi connectivity index (χ0v) is 16.3. The highest BCUT2D eigenvalue weighted by Crippen LogP contribution is 2.25. The molecule has 2 unspecified atom stereocenters. The second-order valence-corrected chi connectivity index (χ2v) is 6.64. The molecule has 0 heterocycles. The predicted molar refractivity (Wildman–Crippen MR) is 111 cm³/mol. The fourth-order valence-electron chi connectivity index (χ4n) is 2.78. The number of methoxy groups -OCH3 is 1. The Balaban J connectivity index is 2.04. The summed E-state index contributed by atoms with van der Waals surface area (Å²) in [6.45, 7) is 6.64. The van der Waals surface area contributed by atoms with Crippen molar-refractivity contribution in [1.82, 2.24) is 5.32 Å². The van der Waals surface area contributed by atoms with Gasteiger partial charge in [0.25, 0.3) is 0 Å². The molecule has 4 heteroatoms. The number of thiocarbonyl (C=S) groups is 1. The van der Waals surface area contributed by atoms with E-state index in [1.165, 1.54) is 11.1 Å². The molecule has 0 aliphatic rings. The van der Waals surface area contributed by atoms with E-state index in [0.717, 1.165) is 24.3 Å². The number of ether oxygens (including phenoxy) is 1. The zero-order valence-electron chi connectivity index (χ0n) is 15.5. The molecule has 0 aliphatic carbocycles. The highest BCUT2D eigenvalue weighted by atomic mass is 32.1. The van der Waals surface area contributed by atoms with Crippen molar-refractivity contribution in [1.29, 1.82) is 0 Å². The van der Waals surface area contributed by atoms with Gasteiger partial charge in [-0.05, 0) is 54.2 Å². The Hall–Kier alpha value is -2.07. The molecule has 2 aromatic rings. The SMILES string of the molecule is CCC(C)c1ccc(C(CC)NC(=S)Nc2ccccc2OC)cc1. The van der Waals surface area contributed by atoms with Crippen molar-refractivity contribution in [2.75, 3.05) is 12.4 Å². The van der Waals surface area contributed by atoms with Crippen LogP contribution in [0.4, 0.5) is 5.69 Å². The quantitative estimate of drug-likeness (QED) is 0.628. The number of benzene rings is 2. The first-order valence-electron chi connectivity index (χ1n) is 8.89. The van der Waals surface area contributed by atoms with Crippen LogP contribution in [0, 0.1) is 0 Å². The lowest BCUT2D eigenvalue weighted by molar-refractivity contribution is 0.417. The van der Waals surface area contributed by atoms with Gasteiger partial charge in [-0.15, -0.1) is 0 Å². The van der Waals surface area contributed by atoms with Gasteiger partial charge in [0, 0.05) is 0 Å². The molecule has 0 aliphatic heterocycles. The van der Waals surface area contributed by atoms with E-state index >= 15 is 0 Å². The summed E-state index contributed by atoms with van der Waals surface area (Å²) in [5, 5.41) is 7.24. The molecular formula is C21H28N2OS. The molecule has 25 heavy (non-hydrogen) atoms. The van der Waals surface area contributed by atoms with Crippen LogP contribution in [0.25, 0.3) is 0 Å². The molecule has 0 bridgehead atoms. The third-order valence-electron chi connectivity index (χ3n) is 4.59. The second-order valence-electron chi connectivity index (χ2n) is 6.24. The van der Waals surface area contributed by atoms with Gasteiger partial charge in [0.2, 0.25) is 0 Å². The van der Waals surface area contributed by atoms with Crippen molar-refractivity contribution >= 4 is 23.0 Å². The smallest absolute Gasteiger partial charge is 0.171 e. The predicted octanol–water partition coefficient (Wildman–Crippen LogP) is 5.65. The average Bonchev–Trinajstić information content (AvgIpc) is 2.66. The summed E-state index contributed by atoms with van der Waals surface area (Å²) in [4.78, 5) is 0. The van der Waals surface area contributed by atoms with Crippen molar-refractivity contribution in [3.05, 3.63) is 59.7 Å². The maximum atomic E-state index is 5.49. The monoisotopic (exact) mass is 356 g/mol. The largest absolute Gasteiger partial charge is 0.495 e. The first-order chi connectivity index (χ1) is 12.1. The molecule has 0 aromatic heterocycles. The molecule has 0 saturated carbocycles. The number of anilines is 1. The average molecular weight is 357 g/mol. The van der Waals surface area contributed by atoms with Crippen LogP contribution in [0.2, 0.25) is 0 Å². The number of rotatable bonds is 7. The van der Waals surface area contributed by atoms with Crippen molar-refractivity contribution in [2.45, 2.75) is 45.6 Å². The van der Waals surface area contributed by atoms with Gasteiger partial charge in [0.1, 0.15) is 5.75 Å². The summed E-state index contributed by atoms with van der Waals surface area (Å²) in [6.07, 6.45) is 2.11. The molecule has 2 N–H and O–H groups in total. The van der Waals surface area contributed by atoms with Gasteiger partial charge >= 0.3 is 0 Å². The van der Waals surface area contributed by atoms with Crippen LogP contribution >= 0.6 is 12.2 Å². The van der Waals surface area contributed by atoms with E-state index < -0.39 is 0 Å². The molecule has 3 nitrogen and oxygen atoms in total. The maximum absolute atomic E-state index is 5.49. The lowest BCUT2D eigenvalue weighted by Crippen LogP contribution is -2.32. The summed E-state index contributed by atoms with van der Waals surface area (Å²) >= 11 is 5.49. The third-order valence-corrected chi connectivity index (χ3v) is 4.81. The molecule has 2 atom stereocenters. The van der Waals surface area contributed by atoms with Gasteiger partial charge in [-0.3, -0.25) is 0 Å². The van der Waals surface area contributed by atoms with Crippen LogP contribution in [0.15, 0.2) is 48.5 Å². The molecule has 0 saturated heterocycles. The van der Waals surface area contributed by atoms with Gasteiger partial charge in [-0.1, -0.05) is 57.2 Å².